The van der Waals surface area contributed by atoms with Crippen molar-refractivity contribution in [3.63, 3.8) is 0 Å². The highest BCUT2D eigenvalue weighted by Crippen LogP contribution is 2.31. The molecule has 0 amide bonds. The Morgan fingerprint density at radius 1 is 0.952 bits per heavy atom. The number of methoxy groups -OCH3 is 2. The lowest BCUT2D eigenvalue weighted by atomic mass is 9.97. The van der Waals surface area contributed by atoms with E-state index in [-0.39, 0.29) is 6.04 Å². The molecule has 0 saturated heterocycles. The molecule has 0 spiro atoms. The highest BCUT2D eigenvalue weighted by molar-refractivity contribution is 9.10. The van der Waals surface area contributed by atoms with Crippen LogP contribution in [0.2, 0.25) is 0 Å². The van der Waals surface area contributed by atoms with Gasteiger partial charge in [-0.25, -0.2) is 0 Å². The molecule has 3 nitrogen and oxygen atoms in total. The van der Waals surface area contributed by atoms with Gasteiger partial charge < -0.3 is 14.8 Å². The van der Waals surface area contributed by atoms with Crippen LogP contribution in [0.4, 0.5) is 0 Å². The molecule has 0 bridgehead atoms. The van der Waals surface area contributed by atoms with Crippen molar-refractivity contribution in [1.82, 2.24) is 5.32 Å². The Morgan fingerprint density at radius 2 is 1.57 bits per heavy atom. The zero-order chi connectivity index (χ0) is 15.4. The molecule has 2 aromatic carbocycles. The molecule has 1 atom stereocenters. The van der Waals surface area contributed by atoms with Gasteiger partial charge in [-0.15, -0.1) is 0 Å². The maximum atomic E-state index is 5.36. The highest BCUT2D eigenvalue weighted by atomic mass is 79.9. The van der Waals surface area contributed by atoms with E-state index in [9.17, 15) is 0 Å². The third kappa shape index (κ3) is 3.57. The molecule has 0 radical (unpaired) electrons. The number of rotatable bonds is 5. The molecule has 2 aromatic rings. The Labute approximate surface area is 134 Å². The van der Waals surface area contributed by atoms with Crippen molar-refractivity contribution < 1.29 is 9.47 Å². The fourth-order valence-corrected chi connectivity index (χ4v) is 2.62. The van der Waals surface area contributed by atoms with Gasteiger partial charge in [0, 0.05) is 10.5 Å². The van der Waals surface area contributed by atoms with Crippen LogP contribution in [0.15, 0.2) is 40.9 Å². The van der Waals surface area contributed by atoms with Crippen LogP contribution in [0.1, 0.15) is 22.7 Å². The molecular formula is C17H20BrNO2. The lowest BCUT2D eigenvalue weighted by Crippen LogP contribution is -2.18. The van der Waals surface area contributed by atoms with E-state index in [1.54, 1.807) is 14.2 Å². The predicted octanol–water partition coefficient (Wildman–Crippen LogP) is 4.08. The molecule has 1 N–H and O–H groups in total. The summed E-state index contributed by atoms with van der Waals surface area (Å²) in [6, 6.07) is 12.4. The van der Waals surface area contributed by atoms with Gasteiger partial charge in [0.2, 0.25) is 0 Å². The summed E-state index contributed by atoms with van der Waals surface area (Å²) in [4.78, 5) is 0. The SMILES string of the molecule is CNC(c1cc(OC)cc(OC)c1)c1ccc(Br)c(C)c1. The molecule has 0 fully saturated rings. The van der Waals surface area contributed by atoms with Gasteiger partial charge in [-0.05, 0) is 48.9 Å². The number of hydrogen-bond donors (Lipinski definition) is 1. The van der Waals surface area contributed by atoms with Crippen molar-refractivity contribution in [3.05, 3.63) is 57.6 Å². The van der Waals surface area contributed by atoms with Crippen molar-refractivity contribution in [1.29, 1.82) is 0 Å². The lowest BCUT2D eigenvalue weighted by molar-refractivity contribution is 0.392. The maximum absolute atomic E-state index is 5.36. The van der Waals surface area contributed by atoms with Crippen LogP contribution < -0.4 is 14.8 Å². The van der Waals surface area contributed by atoms with E-state index in [0.717, 1.165) is 21.5 Å². The van der Waals surface area contributed by atoms with Crippen molar-refractivity contribution in [2.24, 2.45) is 0 Å². The van der Waals surface area contributed by atoms with E-state index in [1.165, 1.54) is 11.1 Å². The van der Waals surface area contributed by atoms with Gasteiger partial charge in [0.1, 0.15) is 11.5 Å². The topological polar surface area (TPSA) is 30.5 Å². The number of ether oxygens (including phenoxy) is 2. The number of benzene rings is 2. The number of nitrogens with one attached hydrogen (secondary N) is 1. The van der Waals surface area contributed by atoms with Crippen molar-refractivity contribution in [3.8, 4) is 11.5 Å². The van der Waals surface area contributed by atoms with E-state index in [0.29, 0.717) is 0 Å². The number of aryl methyl sites for hydroxylation is 1. The van der Waals surface area contributed by atoms with Gasteiger partial charge >= 0.3 is 0 Å². The quantitative estimate of drug-likeness (QED) is 0.881. The van der Waals surface area contributed by atoms with Crippen LogP contribution in [0, 0.1) is 6.92 Å². The molecule has 2 rings (SSSR count). The second-order valence-corrected chi connectivity index (χ2v) is 5.73. The molecule has 0 aliphatic rings. The molecule has 0 saturated carbocycles. The third-order valence-electron chi connectivity index (χ3n) is 3.51. The molecule has 0 aliphatic heterocycles. The Kier molecular flexibility index (Phi) is 5.26. The summed E-state index contributed by atoms with van der Waals surface area (Å²) in [6.07, 6.45) is 0. The summed E-state index contributed by atoms with van der Waals surface area (Å²) in [5.41, 5.74) is 3.52. The summed E-state index contributed by atoms with van der Waals surface area (Å²) in [5, 5.41) is 3.36. The van der Waals surface area contributed by atoms with Gasteiger partial charge in [-0.3, -0.25) is 0 Å². The Morgan fingerprint density at radius 3 is 2.05 bits per heavy atom. The van der Waals surface area contributed by atoms with Crippen LogP contribution in [-0.2, 0) is 0 Å². The van der Waals surface area contributed by atoms with Crippen LogP contribution in [0.5, 0.6) is 11.5 Å². The van der Waals surface area contributed by atoms with Crippen LogP contribution in [-0.4, -0.2) is 21.3 Å². The summed E-state index contributed by atoms with van der Waals surface area (Å²) in [6.45, 7) is 2.09. The van der Waals surface area contributed by atoms with E-state index >= 15 is 0 Å². The van der Waals surface area contributed by atoms with Gasteiger partial charge in [-0.2, -0.15) is 0 Å². The lowest BCUT2D eigenvalue weighted by Gasteiger charge is -2.19. The minimum Gasteiger partial charge on any atom is -0.497 e. The zero-order valence-corrected chi connectivity index (χ0v) is 14.3. The van der Waals surface area contributed by atoms with Gasteiger partial charge in [-0.1, -0.05) is 28.1 Å². The monoisotopic (exact) mass is 349 g/mol. The molecule has 1 unspecified atom stereocenters. The summed E-state index contributed by atoms with van der Waals surface area (Å²) < 4.78 is 11.8. The molecule has 4 heteroatoms. The average molecular weight is 350 g/mol. The first-order valence-corrected chi connectivity index (χ1v) is 7.54. The summed E-state index contributed by atoms with van der Waals surface area (Å²) in [7, 11) is 5.28. The zero-order valence-electron chi connectivity index (χ0n) is 12.7. The first-order valence-electron chi connectivity index (χ1n) is 6.75. The molecule has 0 aliphatic carbocycles. The Balaban J connectivity index is 2.47. The van der Waals surface area contributed by atoms with Crippen LogP contribution >= 0.6 is 15.9 Å². The van der Waals surface area contributed by atoms with Crippen molar-refractivity contribution in [2.75, 3.05) is 21.3 Å². The molecule has 0 heterocycles. The van der Waals surface area contributed by atoms with Gasteiger partial charge in [0.15, 0.2) is 0 Å². The minimum absolute atomic E-state index is 0.0841. The summed E-state index contributed by atoms with van der Waals surface area (Å²) in [5.74, 6) is 1.58. The minimum atomic E-state index is 0.0841. The fraction of sp³-hybridized carbons (Fsp3) is 0.294. The van der Waals surface area contributed by atoms with Crippen molar-refractivity contribution in [2.45, 2.75) is 13.0 Å². The average Bonchev–Trinajstić information content (AvgIpc) is 2.51. The predicted molar refractivity (Wildman–Crippen MR) is 89.3 cm³/mol. The van der Waals surface area contributed by atoms with Crippen LogP contribution in [0.3, 0.4) is 0 Å². The number of hydrogen-bond acceptors (Lipinski definition) is 3. The Bertz CT molecular complexity index is 606. The second-order valence-electron chi connectivity index (χ2n) is 4.88. The normalized spacial score (nSPS) is 12.0. The Hall–Kier alpha value is -1.52. The largest absolute Gasteiger partial charge is 0.497 e. The molecule has 112 valence electrons. The summed E-state index contributed by atoms with van der Waals surface area (Å²) >= 11 is 3.54. The first kappa shape index (κ1) is 15.9. The second kappa shape index (κ2) is 6.96. The van der Waals surface area contributed by atoms with E-state index in [4.69, 9.17) is 9.47 Å². The third-order valence-corrected chi connectivity index (χ3v) is 4.40. The highest BCUT2D eigenvalue weighted by Gasteiger charge is 2.15. The maximum Gasteiger partial charge on any atom is 0.122 e. The standard InChI is InChI=1S/C17H20BrNO2/c1-11-7-12(5-6-16(11)18)17(19-2)13-8-14(20-3)10-15(9-13)21-4/h5-10,17,19H,1-4H3. The van der Waals surface area contributed by atoms with Crippen LogP contribution in [0.25, 0.3) is 0 Å². The van der Waals surface area contributed by atoms with Crippen molar-refractivity contribution >= 4 is 15.9 Å². The van der Waals surface area contributed by atoms with Gasteiger partial charge in [0.25, 0.3) is 0 Å². The van der Waals surface area contributed by atoms with E-state index in [2.05, 4.69) is 46.4 Å². The number of halogens is 1. The molecule has 21 heavy (non-hydrogen) atoms. The van der Waals surface area contributed by atoms with E-state index in [1.807, 2.05) is 25.2 Å². The van der Waals surface area contributed by atoms with E-state index < -0.39 is 0 Å². The fourth-order valence-electron chi connectivity index (χ4n) is 2.37. The first-order chi connectivity index (χ1) is 10.1. The molecule has 0 aromatic heterocycles. The van der Waals surface area contributed by atoms with Gasteiger partial charge in [0.05, 0.1) is 20.3 Å². The molecular weight excluding hydrogens is 330 g/mol. The smallest absolute Gasteiger partial charge is 0.122 e.